The summed E-state index contributed by atoms with van der Waals surface area (Å²) in [5.41, 5.74) is 0. The van der Waals surface area contributed by atoms with Crippen LogP contribution in [0.2, 0.25) is 0 Å². The average molecular weight is 931 g/mol. The van der Waals surface area contributed by atoms with Gasteiger partial charge in [-0.2, -0.15) is 0 Å². The number of ether oxygens (including phenoxy) is 3. The molecule has 6 nitrogen and oxygen atoms in total. The molecule has 67 heavy (non-hydrogen) atoms. The van der Waals surface area contributed by atoms with Gasteiger partial charge in [0.1, 0.15) is 13.2 Å². The molecule has 0 saturated carbocycles. The van der Waals surface area contributed by atoms with Gasteiger partial charge in [-0.1, -0.05) is 266 Å². The number of hydrogen-bond donors (Lipinski definition) is 0. The maximum absolute atomic E-state index is 12.8. The summed E-state index contributed by atoms with van der Waals surface area (Å²) in [5.74, 6) is -0.957. The summed E-state index contributed by atoms with van der Waals surface area (Å²) in [6, 6.07) is 0. The molecule has 0 amide bonds. The van der Waals surface area contributed by atoms with Crippen molar-refractivity contribution in [2.45, 2.75) is 258 Å². The van der Waals surface area contributed by atoms with Gasteiger partial charge < -0.3 is 14.2 Å². The predicted octanol–water partition coefficient (Wildman–Crippen LogP) is 18.5. The third-order valence-electron chi connectivity index (χ3n) is 11.8. The van der Waals surface area contributed by atoms with Crippen molar-refractivity contribution in [2.24, 2.45) is 0 Å². The van der Waals surface area contributed by atoms with Crippen LogP contribution in [0, 0.1) is 0 Å². The van der Waals surface area contributed by atoms with Gasteiger partial charge >= 0.3 is 17.9 Å². The lowest BCUT2D eigenvalue weighted by Crippen LogP contribution is -2.30. The van der Waals surface area contributed by atoms with Crippen molar-refractivity contribution in [1.82, 2.24) is 0 Å². The lowest BCUT2D eigenvalue weighted by atomic mass is 10.0. The Morgan fingerprint density at radius 2 is 0.582 bits per heavy atom. The van der Waals surface area contributed by atoms with E-state index in [0.717, 1.165) is 96.3 Å². The molecule has 1 unspecified atom stereocenters. The molecule has 0 radical (unpaired) electrons. The van der Waals surface area contributed by atoms with Crippen LogP contribution in [0.1, 0.15) is 252 Å². The number of rotatable bonds is 49. The molecule has 0 rings (SSSR count). The SMILES string of the molecule is CC\C=C/C=C\C=C/C=C\C=C/CCCCCC(=O)OCC(COC(=O)CCCCCCC\C=C/C=C\C=C/CCCCCCC)OC(=O)CCCCCCCCCCCCCCCCCC. The summed E-state index contributed by atoms with van der Waals surface area (Å²) < 4.78 is 16.8. The molecule has 0 aliphatic heterocycles. The number of carbonyl (C=O) groups is 3. The van der Waals surface area contributed by atoms with Crippen LogP contribution in [0.25, 0.3) is 0 Å². The largest absolute Gasteiger partial charge is 0.462 e. The van der Waals surface area contributed by atoms with Gasteiger partial charge in [0.25, 0.3) is 0 Å². The van der Waals surface area contributed by atoms with Gasteiger partial charge in [0, 0.05) is 19.3 Å². The molecular weight excluding hydrogens is 829 g/mol. The Labute approximate surface area is 413 Å². The molecule has 0 fully saturated rings. The fourth-order valence-electron chi connectivity index (χ4n) is 7.58. The second-order valence-electron chi connectivity index (χ2n) is 18.3. The third-order valence-corrected chi connectivity index (χ3v) is 11.8. The van der Waals surface area contributed by atoms with Crippen molar-refractivity contribution < 1.29 is 28.6 Å². The zero-order valence-electron chi connectivity index (χ0n) is 43.6. The topological polar surface area (TPSA) is 78.9 Å². The van der Waals surface area contributed by atoms with Crippen LogP contribution in [0.15, 0.2) is 97.2 Å². The van der Waals surface area contributed by atoms with E-state index >= 15 is 0 Å². The molecule has 382 valence electrons. The first-order valence-electron chi connectivity index (χ1n) is 27.8. The summed E-state index contributed by atoms with van der Waals surface area (Å²) in [4.78, 5) is 38.1. The smallest absolute Gasteiger partial charge is 0.306 e. The second-order valence-corrected chi connectivity index (χ2v) is 18.3. The normalized spacial score (nSPS) is 12.8. The van der Waals surface area contributed by atoms with Crippen LogP contribution in [-0.2, 0) is 28.6 Å². The molecule has 0 saturated heterocycles. The van der Waals surface area contributed by atoms with E-state index in [-0.39, 0.29) is 31.1 Å². The quantitative estimate of drug-likeness (QED) is 0.0262. The summed E-state index contributed by atoms with van der Waals surface area (Å²) >= 11 is 0. The van der Waals surface area contributed by atoms with Gasteiger partial charge in [-0.25, -0.2) is 0 Å². The standard InChI is InChI=1S/C61H102O6/c1-4-7-10-13-16-19-22-25-28-30-31-34-36-39-42-45-48-51-54-60(63)66-57-58(56-65-59(62)53-50-47-44-41-38-35-32-27-24-21-18-15-12-9-6-3)67-61(64)55-52-49-46-43-40-37-33-29-26-23-20-17-14-11-8-5-2/h9,12,15,18,21-22,24-25,27-28,30-32,34-35,38,58H,4-8,10-11,13-14,16-17,19-20,23,26,29,33,36-37,39-57H2,1-3H3/b12-9-,18-15-,24-21-,25-22-,30-28-,32-27-,34-31-,38-35-. The van der Waals surface area contributed by atoms with Crippen LogP contribution in [0.4, 0.5) is 0 Å². The van der Waals surface area contributed by atoms with E-state index in [1.54, 1.807) is 0 Å². The lowest BCUT2D eigenvalue weighted by molar-refractivity contribution is -0.167. The molecule has 0 aliphatic rings. The molecule has 0 spiro atoms. The molecule has 6 heteroatoms. The Morgan fingerprint density at radius 3 is 0.925 bits per heavy atom. The third kappa shape index (κ3) is 53.2. The highest BCUT2D eigenvalue weighted by molar-refractivity contribution is 5.71. The Hall–Kier alpha value is -3.67. The summed E-state index contributed by atoms with van der Waals surface area (Å²) in [6.45, 7) is 6.44. The van der Waals surface area contributed by atoms with Gasteiger partial charge in [-0.05, 0) is 64.2 Å². The number of hydrogen-bond acceptors (Lipinski definition) is 6. The van der Waals surface area contributed by atoms with E-state index in [1.165, 1.54) is 116 Å². The Balaban J connectivity index is 4.49. The van der Waals surface area contributed by atoms with E-state index in [1.807, 2.05) is 48.6 Å². The van der Waals surface area contributed by atoms with Crippen LogP contribution in [0.3, 0.4) is 0 Å². The maximum atomic E-state index is 12.8. The minimum absolute atomic E-state index is 0.101. The monoisotopic (exact) mass is 931 g/mol. The number of unbranched alkanes of at least 4 members (excludes halogenated alkanes) is 28. The van der Waals surface area contributed by atoms with Gasteiger partial charge in [0.05, 0.1) is 0 Å². The molecule has 0 bridgehead atoms. The molecule has 0 N–H and O–H groups in total. The van der Waals surface area contributed by atoms with Crippen molar-refractivity contribution in [1.29, 1.82) is 0 Å². The number of esters is 3. The van der Waals surface area contributed by atoms with Gasteiger partial charge in [0.15, 0.2) is 6.10 Å². The Bertz CT molecular complexity index is 1350. The number of carbonyl (C=O) groups excluding carboxylic acids is 3. The fourth-order valence-corrected chi connectivity index (χ4v) is 7.58. The number of allylic oxidation sites excluding steroid dienone is 16. The molecule has 0 aromatic carbocycles. The minimum Gasteiger partial charge on any atom is -0.462 e. The molecule has 0 aliphatic carbocycles. The first-order valence-corrected chi connectivity index (χ1v) is 27.8. The predicted molar refractivity (Wildman–Crippen MR) is 288 cm³/mol. The first-order chi connectivity index (χ1) is 33.0. The zero-order valence-corrected chi connectivity index (χ0v) is 43.6. The van der Waals surface area contributed by atoms with Crippen molar-refractivity contribution in [3.63, 3.8) is 0 Å². The van der Waals surface area contributed by atoms with Gasteiger partial charge in [-0.15, -0.1) is 0 Å². The molecule has 0 aromatic rings. The van der Waals surface area contributed by atoms with Crippen LogP contribution >= 0.6 is 0 Å². The minimum atomic E-state index is -0.803. The van der Waals surface area contributed by atoms with E-state index in [0.29, 0.717) is 19.3 Å². The van der Waals surface area contributed by atoms with E-state index in [2.05, 4.69) is 69.4 Å². The summed E-state index contributed by atoms with van der Waals surface area (Å²) in [5, 5.41) is 0. The highest BCUT2D eigenvalue weighted by atomic mass is 16.6. The van der Waals surface area contributed by atoms with E-state index < -0.39 is 6.10 Å². The van der Waals surface area contributed by atoms with Crippen molar-refractivity contribution in [3.05, 3.63) is 97.2 Å². The van der Waals surface area contributed by atoms with Crippen molar-refractivity contribution in [3.8, 4) is 0 Å². The molecule has 1 atom stereocenters. The molecule has 0 aromatic heterocycles. The van der Waals surface area contributed by atoms with E-state index in [9.17, 15) is 14.4 Å². The van der Waals surface area contributed by atoms with Crippen LogP contribution in [0.5, 0.6) is 0 Å². The van der Waals surface area contributed by atoms with Crippen LogP contribution in [-0.4, -0.2) is 37.2 Å². The summed E-state index contributed by atoms with van der Waals surface area (Å²) in [7, 11) is 0. The zero-order chi connectivity index (χ0) is 48.6. The highest BCUT2D eigenvalue weighted by Crippen LogP contribution is 2.15. The molecule has 0 heterocycles. The van der Waals surface area contributed by atoms with Crippen molar-refractivity contribution in [2.75, 3.05) is 13.2 Å². The second kappa shape index (κ2) is 54.9. The summed E-state index contributed by atoms with van der Waals surface area (Å²) in [6.07, 6.45) is 72.5. The van der Waals surface area contributed by atoms with Crippen molar-refractivity contribution >= 4 is 17.9 Å². The highest BCUT2D eigenvalue weighted by Gasteiger charge is 2.19. The van der Waals surface area contributed by atoms with Gasteiger partial charge in [-0.3, -0.25) is 14.4 Å². The Kier molecular flexibility index (Phi) is 51.9. The maximum Gasteiger partial charge on any atom is 0.306 e. The molecular formula is C61H102O6. The lowest BCUT2D eigenvalue weighted by Gasteiger charge is -2.18. The fraction of sp³-hybridized carbons (Fsp3) is 0.689. The Morgan fingerprint density at radius 1 is 0.313 bits per heavy atom. The van der Waals surface area contributed by atoms with E-state index in [4.69, 9.17) is 14.2 Å². The van der Waals surface area contributed by atoms with Gasteiger partial charge in [0.2, 0.25) is 0 Å². The van der Waals surface area contributed by atoms with Crippen LogP contribution < -0.4 is 0 Å². The average Bonchev–Trinajstić information content (AvgIpc) is 3.33. The first kappa shape index (κ1) is 63.3.